The van der Waals surface area contributed by atoms with E-state index in [1.165, 1.54) is 19.2 Å². The lowest BCUT2D eigenvalue weighted by Gasteiger charge is -2.24. The number of pyridine rings is 2. The Kier molecular flexibility index (Phi) is 5.21. The number of amides is 1. The molecule has 2 fully saturated rings. The van der Waals surface area contributed by atoms with Crippen LogP contribution in [-0.2, 0) is 9.53 Å². The number of halogens is 1. The van der Waals surface area contributed by atoms with Gasteiger partial charge in [-0.25, -0.2) is 14.2 Å². The smallest absolute Gasteiger partial charge is 0.343 e. The topological polar surface area (TPSA) is 84.7 Å². The number of nitrogens with zero attached hydrogens (tertiary/aromatic N) is 4. The fourth-order valence-corrected chi connectivity index (χ4v) is 3.95. The van der Waals surface area contributed by atoms with E-state index < -0.39 is 17.2 Å². The third-order valence-corrected chi connectivity index (χ3v) is 5.88. The van der Waals surface area contributed by atoms with Crippen molar-refractivity contribution >= 4 is 28.7 Å². The first-order valence-electron chi connectivity index (χ1n) is 10.2. The minimum atomic E-state index is -0.710. The van der Waals surface area contributed by atoms with Crippen LogP contribution in [0.15, 0.2) is 17.1 Å². The lowest BCUT2D eigenvalue weighted by Crippen LogP contribution is -2.37. The summed E-state index contributed by atoms with van der Waals surface area (Å²) in [6.07, 6.45) is 4.02. The largest absolute Gasteiger partial charge is 0.462 e. The molecule has 0 N–H and O–H groups in total. The first-order chi connectivity index (χ1) is 14.3. The second kappa shape index (κ2) is 7.70. The molecule has 2 aliphatic rings. The van der Waals surface area contributed by atoms with Gasteiger partial charge in [0.15, 0.2) is 11.6 Å². The summed E-state index contributed by atoms with van der Waals surface area (Å²) in [6, 6.07) is 1.28. The van der Waals surface area contributed by atoms with Crippen LogP contribution in [0, 0.1) is 5.82 Å². The van der Waals surface area contributed by atoms with Crippen molar-refractivity contribution in [1.29, 1.82) is 0 Å². The molecular weight excluding hydrogens is 391 g/mol. The van der Waals surface area contributed by atoms with E-state index in [0.717, 1.165) is 12.8 Å². The van der Waals surface area contributed by atoms with Gasteiger partial charge in [0.25, 0.3) is 0 Å². The Morgan fingerprint density at radius 3 is 2.70 bits per heavy atom. The summed E-state index contributed by atoms with van der Waals surface area (Å²) in [5, 5.41) is 0.0744. The van der Waals surface area contributed by atoms with Gasteiger partial charge in [-0.1, -0.05) is 0 Å². The van der Waals surface area contributed by atoms with Crippen molar-refractivity contribution in [2.24, 2.45) is 0 Å². The zero-order chi connectivity index (χ0) is 21.6. The monoisotopic (exact) mass is 416 g/mol. The van der Waals surface area contributed by atoms with Gasteiger partial charge in [-0.15, -0.1) is 0 Å². The average molecular weight is 416 g/mol. The van der Waals surface area contributed by atoms with Crippen LogP contribution < -0.4 is 10.3 Å². The fraction of sp³-hybridized carbons (Fsp3) is 0.524. The molecule has 1 aliphatic carbocycles. The molecule has 2 aromatic heterocycles. The summed E-state index contributed by atoms with van der Waals surface area (Å²) < 4.78 is 21.8. The van der Waals surface area contributed by atoms with E-state index in [0.29, 0.717) is 25.2 Å². The standard InChI is InChI=1S/C21H25FN4O4/c1-4-30-21(29)16-11-26(13-5-6-13)19-15(18(16)28)9-17(22)20(23-19)25-8-7-14(10-25)24(3)12(2)27/h9,11,13-14H,4-8,10H2,1-3H3. The molecule has 2 aromatic rings. The molecule has 1 saturated carbocycles. The molecule has 160 valence electrons. The van der Waals surface area contributed by atoms with Crippen molar-refractivity contribution in [3.63, 3.8) is 0 Å². The van der Waals surface area contributed by atoms with E-state index in [1.54, 1.807) is 28.3 Å². The first kappa shape index (κ1) is 20.3. The second-order valence-corrected chi connectivity index (χ2v) is 7.91. The highest BCUT2D eigenvalue weighted by atomic mass is 19.1. The first-order valence-corrected chi connectivity index (χ1v) is 10.2. The number of rotatable bonds is 5. The van der Waals surface area contributed by atoms with Crippen LogP contribution >= 0.6 is 0 Å². The average Bonchev–Trinajstić information content (AvgIpc) is 3.44. The maximum absolute atomic E-state index is 15.0. The number of esters is 1. The molecule has 1 saturated heterocycles. The molecule has 1 unspecified atom stereocenters. The third kappa shape index (κ3) is 3.53. The number of aromatic nitrogens is 2. The van der Waals surface area contributed by atoms with Gasteiger partial charge >= 0.3 is 5.97 Å². The molecule has 1 aliphatic heterocycles. The van der Waals surface area contributed by atoms with Gasteiger partial charge in [-0.3, -0.25) is 9.59 Å². The van der Waals surface area contributed by atoms with Crippen LogP contribution in [0.4, 0.5) is 10.2 Å². The molecule has 8 nitrogen and oxygen atoms in total. The van der Waals surface area contributed by atoms with Crippen LogP contribution in [0.2, 0.25) is 0 Å². The van der Waals surface area contributed by atoms with Crippen LogP contribution in [0.3, 0.4) is 0 Å². The van der Waals surface area contributed by atoms with Crippen molar-refractivity contribution < 1.29 is 18.7 Å². The van der Waals surface area contributed by atoms with Crippen molar-refractivity contribution in [3.05, 3.63) is 33.9 Å². The summed E-state index contributed by atoms with van der Waals surface area (Å²) in [4.78, 5) is 44.7. The van der Waals surface area contributed by atoms with Gasteiger partial charge in [-0.2, -0.15) is 0 Å². The number of ether oxygens (including phenoxy) is 1. The van der Waals surface area contributed by atoms with Crippen LogP contribution in [-0.4, -0.2) is 59.1 Å². The predicted octanol–water partition coefficient (Wildman–Crippen LogP) is 2.10. The van der Waals surface area contributed by atoms with E-state index >= 15 is 4.39 Å². The molecule has 4 rings (SSSR count). The maximum atomic E-state index is 15.0. The Morgan fingerprint density at radius 2 is 2.07 bits per heavy atom. The van der Waals surface area contributed by atoms with E-state index in [2.05, 4.69) is 4.98 Å². The van der Waals surface area contributed by atoms with E-state index in [4.69, 9.17) is 4.74 Å². The minimum Gasteiger partial charge on any atom is -0.462 e. The highest BCUT2D eigenvalue weighted by Crippen LogP contribution is 2.37. The van der Waals surface area contributed by atoms with Crippen LogP contribution in [0.25, 0.3) is 11.0 Å². The molecule has 30 heavy (non-hydrogen) atoms. The van der Waals surface area contributed by atoms with Gasteiger partial charge in [0.2, 0.25) is 11.3 Å². The molecule has 1 amide bonds. The fourth-order valence-electron chi connectivity index (χ4n) is 3.95. The quantitative estimate of drug-likeness (QED) is 0.694. The van der Waals surface area contributed by atoms with E-state index in [-0.39, 0.29) is 41.4 Å². The minimum absolute atomic E-state index is 0.0174. The summed E-state index contributed by atoms with van der Waals surface area (Å²) in [6.45, 7) is 4.36. The van der Waals surface area contributed by atoms with Crippen molar-refractivity contribution in [3.8, 4) is 0 Å². The second-order valence-electron chi connectivity index (χ2n) is 7.91. The van der Waals surface area contributed by atoms with Crippen molar-refractivity contribution in [1.82, 2.24) is 14.5 Å². The summed E-state index contributed by atoms with van der Waals surface area (Å²) in [7, 11) is 1.74. The van der Waals surface area contributed by atoms with E-state index in [9.17, 15) is 14.4 Å². The molecule has 9 heteroatoms. The lowest BCUT2D eigenvalue weighted by molar-refractivity contribution is -0.129. The summed E-state index contributed by atoms with van der Waals surface area (Å²) >= 11 is 0. The number of hydrogen-bond donors (Lipinski definition) is 0. The molecule has 0 bridgehead atoms. The normalized spacial score (nSPS) is 18.7. The molecule has 3 heterocycles. The van der Waals surface area contributed by atoms with Crippen LogP contribution in [0.5, 0.6) is 0 Å². The number of carbonyl (C=O) groups excluding carboxylic acids is 2. The van der Waals surface area contributed by atoms with E-state index in [1.807, 2.05) is 0 Å². The Labute approximate surface area is 173 Å². The van der Waals surface area contributed by atoms with Gasteiger partial charge in [-0.05, 0) is 32.3 Å². The maximum Gasteiger partial charge on any atom is 0.343 e. The molecule has 0 radical (unpaired) electrons. The number of hydrogen-bond acceptors (Lipinski definition) is 6. The number of anilines is 1. The van der Waals surface area contributed by atoms with Gasteiger partial charge in [0.1, 0.15) is 11.2 Å². The number of likely N-dealkylation sites (N-methyl/N-ethyl adjacent to an activating group) is 1. The zero-order valence-electron chi connectivity index (χ0n) is 17.4. The Morgan fingerprint density at radius 1 is 1.33 bits per heavy atom. The molecular formula is C21H25FN4O4. The Bertz CT molecular complexity index is 1080. The predicted molar refractivity (Wildman–Crippen MR) is 109 cm³/mol. The van der Waals surface area contributed by atoms with Crippen LogP contribution in [0.1, 0.15) is 49.5 Å². The van der Waals surface area contributed by atoms with Crippen molar-refractivity contribution in [2.75, 3.05) is 31.6 Å². The van der Waals surface area contributed by atoms with Gasteiger partial charge in [0.05, 0.1) is 18.0 Å². The van der Waals surface area contributed by atoms with Crippen molar-refractivity contribution in [2.45, 2.75) is 45.2 Å². The summed E-state index contributed by atoms with van der Waals surface area (Å²) in [5.41, 5.74) is -0.307. The summed E-state index contributed by atoms with van der Waals surface area (Å²) in [5.74, 6) is -1.20. The lowest BCUT2D eigenvalue weighted by atomic mass is 10.2. The third-order valence-electron chi connectivity index (χ3n) is 5.88. The zero-order valence-corrected chi connectivity index (χ0v) is 17.4. The highest BCUT2D eigenvalue weighted by molar-refractivity contribution is 5.93. The number of carbonyl (C=O) groups is 2. The molecule has 1 atom stereocenters. The molecule has 0 spiro atoms. The van der Waals surface area contributed by atoms with Gasteiger partial charge in [0, 0.05) is 39.3 Å². The van der Waals surface area contributed by atoms with Gasteiger partial charge < -0.3 is 19.1 Å². The Balaban J connectivity index is 1.78. The Hall–Kier alpha value is -2.97. The highest BCUT2D eigenvalue weighted by Gasteiger charge is 2.32. The molecule has 0 aromatic carbocycles. The SMILES string of the molecule is CCOC(=O)c1cn(C2CC2)c2nc(N3CCC(N(C)C(C)=O)C3)c(F)cc2c1=O. The number of fused-ring (bicyclic) bond motifs is 1.